The van der Waals surface area contributed by atoms with E-state index in [1.54, 1.807) is 0 Å². The minimum Gasteiger partial charge on any atom is -0.461 e. The molecular weight excluding hydrogens is 242 g/mol. The van der Waals surface area contributed by atoms with Crippen molar-refractivity contribution in [3.63, 3.8) is 0 Å². The van der Waals surface area contributed by atoms with Gasteiger partial charge in [0.1, 0.15) is 16.9 Å². The fourth-order valence-corrected chi connectivity index (χ4v) is 2.50. The van der Waals surface area contributed by atoms with Gasteiger partial charge in [0.05, 0.1) is 5.56 Å². The molecule has 0 bridgehead atoms. The highest BCUT2D eigenvalue weighted by Crippen LogP contribution is 2.33. The SMILES string of the molecule is Cc1oc2c(CN)c3oc(=O)cc(C)c3cc2c1C. The number of nitrogens with two attached hydrogens (primary N) is 1. The third-order valence-corrected chi connectivity index (χ3v) is 3.68. The summed E-state index contributed by atoms with van der Waals surface area (Å²) in [6.45, 7) is 6.10. The summed E-state index contributed by atoms with van der Waals surface area (Å²) in [5.74, 6) is 0.861. The molecule has 2 aromatic heterocycles. The van der Waals surface area contributed by atoms with Gasteiger partial charge in [0.25, 0.3) is 0 Å². The maximum atomic E-state index is 11.5. The van der Waals surface area contributed by atoms with E-state index < -0.39 is 0 Å². The molecule has 1 aromatic carbocycles. The Hall–Kier alpha value is -2.07. The van der Waals surface area contributed by atoms with Crippen molar-refractivity contribution in [1.82, 2.24) is 0 Å². The zero-order valence-electron chi connectivity index (χ0n) is 11.2. The standard InChI is InChI=1S/C15H15NO3/c1-7-4-13(17)19-14-10(7)5-11-8(2)9(3)18-15(11)12(14)6-16/h4-5H,6,16H2,1-3H3. The van der Waals surface area contributed by atoms with Crippen molar-refractivity contribution in [1.29, 1.82) is 0 Å². The first-order valence-electron chi connectivity index (χ1n) is 6.19. The van der Waals surface area contributed by atoms with E-state index in [1.807, 2.05) is 26.8 Å². The number of fused-ring (bicyclic) bond motifs is 2. The summed E-state index contributed by atoms with van der Waals surface area (Å²) in [6, 6.07) is 3.50. The van der Waals surface area contributed by atoms with Gasteiger partial charge in [0.2, 0.25) is 0 Å². The molecule has 3 aromatic rings. The monoisotopic (exact) mass is 257 g/mol. The predicted molar refractivity (Wildman–Crippen MR) is 74.4 cm³/mol. The summed E-state index contributed by atoms with van der Waals surface area (Å²) in [7, 11) is 0. The molecule has 0 amide bonds. The molecule has 2 N–H and O–H groups in total. The van der Waals surface area contributed by atoms with Crippen LogP contribution in [0.4, 0.5) is 0 Å². The third kappa shape index (κ3) is 1.60. The molecule has 0 spiro atoms. The molecular formula is C15H15NO3. The average Bonchev–Trinajstić information content (AvgIpc) is 2.63. The second-order valence-electron chi connectivity index (χ2n) is 4.84. The van der Waals surface area contributed by atoms with Crippen LogP contribution in [-0.2, 0) is 6.54 Å². The van der Waals surface area contributed by atoms with Crippen molar-refractivity contribution in [2.45, 2.75) is 27.3 Å². The van der Waals surface area contributed by atoms with E-state index in [0.717, 1.165) is 38.8 Å². The Morgan fingerprint density at radius 2 is 1.74 bits per heavy atom. The predicted octanol–water partition coefficient (Wildman–Crippen LogP) is 2.92. The fraction of sp³-hybridized carbons (Fsp3) is 0.267. The summed E-state index contributed by atoms with van der Waals surface area (Å²) >= 11 is 0. The lowest BCUT2D eigenvalue weighted by atomic mass is 10.0. The van der Waals surface area contributed by atoms with Gasteiger partial charge >= 0.3 is 5.63 Å². The van der Waals surface area contributed by atoms with Crippen molar-refractivity contribution >= 4 is 21.9 Å². The molecule has 0 unspecified atom stereocenters. The molecule has 3 rings (SSSR count). The summed E-state index contributed by atoms with van der Waals surface area (Å²) in [4.78, 5) is 11.5. The first-order chi connectivity index (χ1) is 9.02. The molecule has 98 valence electrons. The Morgan fingerprint density at radius 1 is 1.05 bits per heavy atom. The highest BCUT2D eigenvalue weighted by atomic mass is 16.4. The normalized spacial score (nSPS) is 11.6. The van der Waals surface area contributed by atoms with Crippen LogP contribution < -0.4 is 11.4 Å². The van der Waals surface area contributed by atoms with Crippen LogP contribution in [0.15, 0.2) is 25.8 Å². The number of aryl methyl sites for hydroxylation is 3. The Labute approximate surface area is 109 Å². The van der Waals surface area contributed by atoms with E-state index in [0.29, 0.717) is 5.58 Å². The second-order valence-corrected chi connectivity index (χ2v) is 4.84. The minimum atomic E-state index is -0.362. The maximum Gasteiger partial charge on any atom is 0.336 e. The number of rotatable bonds is 1. The number of hydrogen-bond donors (Lipinski definition) is 1. The first-order valence-corrected chi connectivity index (χ1v) is 6.19. The van der Waals surface area contributed by atoms with Gasteiger partial charge in [-0.2, -0.15) is 0 Å². The van der Waals surface area contributed by atoms with E-state index in [2.05, 4.69) is 0 Å². The van der Waals surface area contributed by atoms with Crippen LogP contribution in [0.25, 0.3) is 21.9 Å². The van der Waals surface area contributed by atoms with Gasteiger partial charge in [-0.05, 0) is 38.0 Å². The van der Waals surface area contributed by atoms with Crippen molar-refractivity contribution in [2.75, 3.05) is 0 Å². The summed E-state index contributed by atoms with van der Waals surface area (Å²) in [5.41, 5.74) is 9.45. The van der Waals surface area contributed by atoms with Crippen LogP contribution in [0, 0.1) is 20.8 Å². The molecule has 0 saturated heterocycles. The quantitative estimate of drug-likeness (QED) is 0.680. The van der Waals surface area contributed by atoms with Crippen LogP contribution in [0.5, 0.6) is 0 Å². The van der Waals surface area contributed by atoms with Crippen LogP contribution in [0.1, 0.15) is 22.5 Å². The lowest BCUT2D eigenvalue weighted by molar-refractivity contribution is 0.548. The average molecular weight is 257 g/mol. The molecule has 0 fully saturated rings. The zero-order valence-corrected chi connectivity index (χ0v) is 11.2. The Bertz CT molecular complexity index is 855. The molecule has 19 heavy (non-hydrogen) atoms. The molecule has 0 aliphatic rings. The lowest BCUT2D eigenvalue weighted by Gasteiger charge is -2.06. The Morgan fingerprint density at radius 3 is 2.42 bits per heavy atom. The van der Waals surface area contributed by atoms with Crippen molar-refractivity contribution in [3.8, 4) is 0 Å². The molecule has 4 nitrogen and oxygen atoms in total. The molecule has 4 heteroatoms. The van der Waals surface area contributed by atoms with Gasteiger partial charge < -0.3 is 14.6 Å². The zero-order chi connectivity index (χ0) is 13.7. The van der Waals surface area contributed by atoms with Gasteiger partial charge in [-0.15, -0.1) is 0 Å². The largest absolute Gasteiger partial charge is 0.461 e. The number of benzene rings is 1. The van der Waals surface area contributed by atoms with Gasteiger partial charge in [-0.1, -0.05) is 0 Å². The van der Waals surface area contributed by atoms with E-state index in [1.165, 1.54) is 6.07 Å². The van der Waals surface area contributed by atoms with Crippen molar-refractivity contribution < 1.29 is 8.83 Å². The van der Waals surface area contributed by atoms with Gasteiger partial charge in [-0.3, -0.25) is 0 Å². The summed E-state index contributed by atoms with van der Waals surface area (Å²) in [6.07, 6.45) is 0. The van der Waals surface area contributed by atoms with Crippen LogP contribution in [0.2, 0.25) is 0 Å². The van der Waals surface area contributed by atoms with Crippen LogP contribution in [-0.4, -0.2) is 0 Å². The van der Waals surface area contributed by atoms with Gasteiger partial charge in [0.15, 0.2) is 0 Å². The highest BCUT2D eigenvalue weighted by Gasteiger charge is 2.17. The van der Waals surface area contributed by atoms with E-state index in [4.69, 9.17) is 14.6 Å². The molecule has 0 aliphatic heterocycles. The fourth-order valence-electron chi connectivity index (χ4n) is 2.50. The minimum absolute atomic E-state index is 0.270. The maximum absolute atomic E-state index is 11.5. The molecule has 0 saturated carbocycles. The van der Waals surface area contributed by atoms with Crippen LogP contribution >= 0.6 is 0 Å². The van der Waals surface area contributed by atoms with E-state index in [-0.39, 0.29) is 12.2 Å². The van der Waals surface area contributed by atoms with Crippen LogP contribution in [0.3, 0.4) is 0 Å². The topological polar surface area (TPSA) is 69.4 Å². The first kappa shape index (κ1) is 12.0. The second kappa shape index (κ2) is 3.96. The van der Waals surface area contributed by atoms with Crippen molar-refractivity contribution in [2.24, 2.45) is 5.73 Å². The Balaban J connectivity index is 2.64. The number of hydrogen-bond acceptors (Lipinski definition) is 4. The van der Waals surface area contributed by atoms with Crippen molar-refractivity contribution in [3.05, 3.63) is 45.0 Å². The molecule has 0 atom stereocenters. The molecule has 2 heterocycles. The van der Waals surface area contributed by atoms with E-state index >= 15 is 0 Å². The van der Waals surface area contributed by atoms with E-state index in [9.17, 15) is 4.79 Å². The molecule has 0 aliphatic carbocycles. The van der Waals surface area contributed by atoms with Gasteiger partial charge in [0, 0.05) is 23.4 Å². The summed E-state index contributed by atoms with van der Waals surface area (Å²) in [5, 5.41) is 1.94. The summed E-state index contributed by atoms with van der Waals surface area (Å²) < 4.78 is 11.1. The smallest absolute Gasteiger partial charge is 0.336 e. The lowest BCUT2D eigenvalue weighted by Crippen LogP contribution is -2.03. The third-order valence-electron chi connectivity index (χ3n) is 3.68. The van der Waals surface area contributed by atoms with Gasteiger partial charge in [-0.25, -0.2) is 4.79 Å². The molecule has 0 radical (unpaired) electrons. The number of furan rings is 1. The highest BCUT2D eigenvalue weighted by molar-refractivity contribution is 6.00. The Kier molecular flexibility index (Phi) is 2.50.